The molecule has 10 N–H and O–H groups in total. The number of primary amides is 1. The number of nitrogens with two attached hydrogens (primary N) is 1. The van der Waals surface area contributed by atoms with E-state index in [0.29, 0.717) is 10.4 Å². The predicted molar refractivity (Wildman–Crippen MR) is 127 cm³/mol. The van der Waals surface area contributed by atoms with Gasteiger partial charge in [0.1, 0.15) is 0 Å². The van der Waals surface area contributed by atoms with Crippen molar-refractivity contribution in [3.05, 3.63) is 6.42 Å². The molecule has 0 radical (unpaired) electrons. The van der Waals surface area contributed by atoms with Crippen LogP contribution in [0.2, 0.25) is 0 Å². The topological polar surface area (TPSA) is 215 Å². The number of nitrogens with one attached hydrogen (secondary N) is 5. The average Bonchev–Trinajstić information content (AvgIpc) is 2.78. The Morgan fingerprint density at radius 1 is 1.23 bits per heavy atom. The van der Waals surface area contributed by atoms with Crippen LogP contribution in [0.3, 0.4) is 0 Å². The van der Waals surface area contributed by atoms with E-state index in [1.807, 2.05) is 0 Å². The van der Waals surface area contributed by atoms with Gasteiger partial charge in [0.05, 0.1) is 0 Å². The first kappa shape index (κ1) is 31.6. The second-order valence-electron chi connectivity index (χ2n) is 8.07. The standard InChI is InChI=1S/C20H35N6O7S.Mo/c1-4-5-12-16(20(32)33)34-9-14(22-3)19(31)26-13(8-27)18(30)24-10(2)17(29)25-11(7-23-12)6-15(21)28;/h4,10-14,16-17,22-23,25,27,29H,5-6,8-9H2,1-3H3,(H2,21,28)(H,24,30)(H,26,31)(H,32,33);/q-1;/t10-,11-,12?,13?,14-,16?,17?;/m0./s1. The molecule has 1 fully saturated rings. The van der Waals surface area contributed by atoms with Gasteiger partial charge in [0.15, 0.2) is 0 Å². The molecule has 15 heteroatoms. The summed E-state index contributed by atoms with van der Waals surface area (Å²) in [6, 6.07) is -4.39. The van der Waals surface area contributed by atoms with Crippen LogP contribution in [-0.2, 0) is 38.5 Å². The number of hydrogen-bond acceptors (Lipinski definition) is 10. The second kappa shape index (κ2) is 15.6. The Bertz CT molecular complexity index is 776. The number of aliphatic hydroxyl groups excluding tert-OH is 2. The van der Waals surface area contributed by atoms with Crippen molar-refractivity contribution in [3.63, 3.8) is 0 Å². The van der Waals surface area contributed by atoms with E-state index >= 15 is 0 Å². The van der Waals surface area contributed by atoms with E-state index in [9.17, 15) is 34.5 Å². The molecule has 13 nitrogen and oxygen atoms in total. The Labute approximate surface area is 219 Å². The van der Waals surface area contributed by atoms with Gasteiger partial charge in [0, 0.05) is 0 Å². The van der Waals surface area contributed by atoms with Gasteiger partial charge in [-0.3, -0.25) is 0 Å². The summed E-state index contributed by atoms with van der Waals surface area (Å²) >= 11 is 2.60. The zero-order valence-corrected chi connectivity index (χ0v) is 22.6. The molecular formula is C20H35MoN6O7S-. The molecule has 0 aromatic rings. The van der Waals surface area contributed by atoms with Gasteiger partial charge in [0.2, 0.25) is 0 Å². The second-order valence-corrected chi connectivity index (χ2v) is 10.3. The number of amides is 3. The molecule has 0 aromatic carbocycles. The predicted octanol–water partition coefficient (Wildman–Crippen LogP) is -3.84. The van der Waals surface area contributed by atoms with Crippen LogP contribution in [0.15, 0.2) is 0 Å². The van der Waals surface area contributed by atoms with Crippen LogP contribution < -0.4 is 32.3 Å². The minimum atomic E-state index is -1.34. The summed E-state index contributed by atoms with van der Waals surface area (Å²) in [6.07, 6.45) is 0.641. The Morgan fingerprint density at radius 2 is 1.89 bits per heavy atom. The number of rotatable bonds is 7. The van der Waals surface area contributed by atoms with E-state index in [4.69, 9.17) is 5.73 Å². The molecule has 0 spiro atoms. The quantitative estimate of drug-likeness (QED) is 0.102. The molecule has 1 aliphatic rings. The number of carbonyl (C=O) groups excluding carboxylic acids is 3. The van der Waals surface area contributed by atoms with Crippen molar-refractivity contribution in [2.45, 2.75) is 68.4 Å². The number of carbonyl (C=O) groups is 4. The van der Waals surface area contributed by atoms with Gasteiger partial charge in [-0.05, 0) is 0 Å². The molecule has 200 valence electrons. The Balaban J connectivity index is 3.38. The molecule has 7 atom stereocenters. The van der Waals surface area contributed by atoms with Gasteiger partial charge in [-0.1, -0.05) is 0 Å². The molecule has 35 heavy (non-hydrogen) atoms. The third-order valence-corrected chi connectivity index (χ3v) is 7.69. The van der Waals surface area contributed by atoms with Crippen molar-refractivity contribution < 1.29 is 53.9 Å². The molecule has 3 amide bonds. The van der Waals surface area contributed by atoms with Crippen molar-refractivity contribution >= 4 is 39.5 Å². The number of likely N-dealkylation sites (N-methyl/N-ethyl adjacent to an activating group) is 1. The molecule has 0 aliphatic carbocycles. The number of carboxylic acids is 1. The van der Waals surface area contributed by atoms with Crippen molar-refractivity contribution in [3.8, 4) is 0 Å². The van der Waals surface area contributed by atoms with E-state index in [-0.39, 0.29) is 12.2 Å². The fraction of sp³-hybridized carbons (Fsp3) is 0.700. The molecule has 1 rings (SSSR count). The first-order chi connectivity index (χ1) is 16.4. The molecule has 1 saturated heterocycles. The Kier molecular flexibility index (Phi) is 14.1. The molecule has 0 aromatic heterocycles. The summed E-state index contributed by atoms with van der Waals surface area (Å²) in [5, 5.41) is 43.0. The normalized spacial score (nSPS) is 31.9. The first-order valence-electron chi connectivity index (χ1n) is 11.0. The maximum atomic E-state index is 12.7. The van der Waals surface area contributed by atoms with Crippen LogP contribution in [0, 0.1) is 6.42 Å². The van der Waals surface area contributed by atoms with E-state index in [0.717, 1.165) is 11.8 Å². The number of carboxylic acid groups (broad SMARTS) is 1. The summed E-state index contributed by atoms with van der Waals surface area (Å²) in [4.78, 5) is 49.1. The first-order valence-corrected chi connectivity index (χ1v) is 13.0. The number of thioether (sulfide) groups is 1. The summed E-state index contributed by atoms with van der Waals surface area (Å²) in [6.45, 7) is 2.60. The van der Waals surface area contributed by atoms with Gasteiger partial charge in [-0.15, -0.1) is 0 Å². The third kappa shape index (κ3) is 10.2. The van der Waals surface area contributed by atoms with Crippen molar-refractivity contribution in [2.24, 2.45) is 5.73 Å². The Morgan fingerprint density at radius 3 is 2.40 bits per heavy atom. The van der Waals surface area contributed by atoms with E-state index in [1.165, 1.54) is 14.0 Å². The van der Waals surface area contributed by atoms with Crippen LogP contribution in [0.1, 0.15) is 26.7 Å². The summed E-state index contributed by atoms with van der Waals surface area (Å²) in [7, 11) is 1.53. The molecule has 1 heterocycles. The summed E-state index contributed by atoms with van der Waals surface area (Å²) in [5.41, 5.74) is 5.39. The van der Waals surface area contributed by atoms with Crippen LogP contribution in [0.25, 0.3) is 0 Å². The molecule has 4 unspecified atom stereocenters. The van der Waals surface area contributed by atoms with E-state index < -0.39 is 72.0 Å². The monoisotopic (exact) mass is 601 g/mol. The fourth-order valence-electron chi connectivity index (χ4n) is 3.29. The van der Waals surface area contributed by atoms with Gasteiger partial charge in [0.25, 0.3) is 0 Å². The zero-order chi connectivity index (χ0) is 26.7. The number of hydrogen-bond donors (Lipinski definition) is 9. The van der Waals surface area contributed by atoms with Crippen LogP contribution in [0.4, 0.5) is 0 Å². The van der Waals surface area contributed by atoms with Gasteiger partial charge >= 0.3 is 220 Å². The SMILES string of the molecule is C[CH-]CC1N[C](=[Mo])[C@H](CC(N)=O)NC(O)[C@H](C)NC(=O)C(CO)NC(=O)[C@@H](NC)CSC1C(=O)O. The molecular weight excluding hydrogens is 564 g/mol. The van der Waals surface area contributed by atoms with Crippen LogP contribution >= 0.6 is 11.8 Å². The Hall–Kier alpha value is -1.41. The summed E-state index contributed by atoms with van der Waals surface area (Å²) in [5.74, 6) is -2.99. The number of aliphatic carboxylic acids is 1. The maximum absolute atomic E-state index is 12.7. The zero-order valence-electron chi connectivity index (χ0n) is 19.8. The van der Waals surface area contributed by atoms with Crippen LogP contribution in [0.5, 0.6) is 0 Å². The van der Waals surface area contributed by atoms with Crippen molar-refractivity contribution in [1.82, 2.24) is 26.6 Å². The fourth-order valence-corrected chi connectivity index (χ4v) is 5.31. The van der Waals surface area contributed by atoms with E-state index in [1.54, 1.807) is 32.7 Å². The van der Waals surface area contributed by atoms with E-state index in [2.05, 4.69) is 26.6 Å². The van der Waals surface area contributed by atoms with Crippen molar-refractivity contribution in [1.29, 1.82) is 0 Å². The molecule has 0 saturated carbocycles. The number of aliphatic hydroxyl groups is 2. The van der Waals surface area contributed by atoms with Gasteiger partial charge in [-0.25, -0.2) is 0 Å². The van der Waals surface area contributed by atoms with Gasteiger partial charge in [-0.2, -0.15) is 0 Å². The average molecular weight is 600 g/mol. The minimum absolute atomic E-state index is 0.0684. The van der Waals surface area contributed by atoms with Crippen molar-refractivity contribution in [2.75, 3.05) is 19.4 Å². The van der Waals surface area contributed by atoms with Gasteiger partial charge < -0.3 is 0 Å². The molecule has 1 aliphatic heterocycles. The molecule has 0 bridgehead atoms. The summed E-state index contributed by atoms with van der Waals surface area (Å²) < 4.78 is 0.485. The third-order valence-electron chi connectivity index (χ3n) is 5.29. The van der Waals surface area contributed by atoms with Crippen LogP contribution in [-0.4, -0.2) is 104 Å².